The number of hydrogen-bond donors (Lipinski definition) is 0. The van der Waals surface area contributed by atoms with Crippen LogP contribution in [0.2, 0.25) is 5.02 Å². The second-order valence-electron chi connectivity index (χ2n) is 7.84. The molecular weight excluding hydrogens is 458 g/mol. The van der Waals surface area contributed by atoms with Crippen molar-refractivity contribution < 1.29 is 4.79 Å². The average Bonchev–Trinajstić information content (AvgIpc) is 3.28. The van der Waals surface area contributed by atoms with Gasteiger partial charge in [0.25, 0.3) is 5.56 Å². The number of anilines is 1. The summed E-state index contributed by atoms with van der Waals surface area (Å²) in [6.07, 6.45) is 2.71. The number of rotatable bonds is 5. The molecule has 0 radical (unpaired) electrons. The number of nitrogens with zero attached hydrogens (tertiary/aromatic N) is 5. The van der Waals surface area contributed by atoms with E-state index in [2.05, 4.69) is 16.1 Å². The summed E-state index contributed by atoms with van der Waals surface area (Å²) in [5, 5.41) is 5.44. The normalized spacial score (nSPS) is 14.1. The lowest BCUT2D eigenvalue weighted by Gasteiger charge is -2.36. The third-order valence-corrected chi connectivity index (χ3v) is 7.22. The summed E-state index contributed by atoms with van der Waals surface area (Å²) < 4.78 is 2.45. The van der Waals surface area contributed by atoms with Crippen LogP contribution in [-0.4, -0.2) is 51.8 Å². The van der Waals surface area contributed by atoms with Crippen molar-refractivity contribution >= 4 is 44.7 Å². The van der Waals surface area contributed by atoms with E-state index in [1.807, 2.05) is 58.3 Å². The number of halogens is 1. The van der Waals surface area contributed by atoms with Gasteiger partial charge >= 0.3 is 0 Å². The van der Waals surface area contributed by atoms with E-state index >= 15 is 0 Å². The van der Waals surface area contributed by atoms with E-state index in [1.165, 1.54) is 4.68 Å². The van der Waals surface area contributed by atoms with Crippen LogP contribution in [0.3, 0.4) is 0 Å². The Balaban J connectivity index is 1.20. The minimum absolute atomic E-state index is 0.123. The lowest BCUT2D eigenvalue weighted by molar-refractivity contribution is -0.131. The minimum atomic E-state index is -0.352. The molecule has 2 aromatic carbocycles. The average molecular weight is 480 g/mol. The SMILES string of the molecule is O=C(CCc1nc2ccccc2s1)N1CCN(c2cnn(-c3ccccc3)c(=O)c2Cl)CC1. The predicted octanol–water partition coefficient (Wildman–Crippen LogP) is 3.78. The van der Waals surface area contributed by atoms with Crippen molar-refractivity contribution in [2.45, 2.75) is 12.8 Å². The molecule has 0 aliphatic carbocycles. The van der Waals surface area contributed by atoms with Gasteiger partial charge in [0.15, 0.2) is 0 Å². The standard InChI is InChI=1S/C24H22ClN5O2S/c25-23-19(16-26-30(24(23)32)17-6-2-1-3-7-17)28-12-14-29(15-13-28)22(31)11-10-21-27-18-8-4-5-9-20(18)33-21/h1-9,16H,10-15H2. The van der Waals surface area contributed by atoms with Crippen LogP contribution < -0.4 is 10.5 Å². The summed E-state index contributed by atoms with van der Waals surface area (Å²) in [5.74, 6) is 0.123. The van der Waals surface area contributed by atoms with Gasteiger partial charge in [0.05, 0.1) is 32.8 Å². The third-order valence-electron chi connectivity index (χ3n) is 5.77. The first-order valence-electron chi connectivity index (χ1n) is 10.8. The van der Waals surface area contributed by atoms with Gasteiger partial charge < -0.3 is 9.80 Å². The van der Waals surface area contributed by atoms with Crippen molar-refractivity contribution in [2.75, 3.05) is 31.1 Å². The molecular formula is C24H22ClN5O2S. The number of carbonyl (C=O) groups excluding carboxylic acids is 1. The Morgan fingerprint density at radius 2 is 1.73 bits per heavy atom. The quantitative estimate of drug-likeness (QED) is 0.435. The lowest BCUT2D eigenvalue weighted by Crippen LogP contribution is -2.49. The molecule has 2 aromatic heterocycles. The lowest BCUT2D eigenvalue weighted by atomic mass is 10.2. The zero-order valence-electron chi connectivity index (χ0n) is 17.9. The molecule has 5 rings (SSSR count). The zero-order valence-corrected chi connectivity index (χ0v) is 19.4. The molecule has 1 aliphatic heterocycles. The molecule has 4 aromatic rings. The smallest absolute Gasteiger partial charge is 0.292 e. The number of amides is 1. The molecule has 0 atom stereocenters. The molecule has 7 nitrogen and oxygen atoms in total. The van der Waals surface area contributed by atoms with Gasteiger partial charge in [-0.3, -0.25) is 9.59 Å². The highest BCUT2D eigenvalue weighted by atomic mass is 35.5. The van der Waals surface area contributed by atoms with E-state index in [0.29, 0.717) is 50.4 Å². The van der Waals surface area contributed by atoms with E-state index in [-0.39, 0.29) is 16.5 Å². The number of benzene rings is 2. The summed E-state index contributed by atoms with van der Waals surface area (Å²) in [4.78, 5) is 34.0. The number of carbonyl (C=O) groups is 1. The molecule has 9 heteroatoms. The Kier molecular flexibility index (Phi) is 6.11. The Morgan fingerprint density at radius 1 is 1.00 bits per heavy atom. The Bertz CT molecular complexity index is 1310. The van der Waals surface area contributed by atoms with Crippen LogP contribution >= 0.6 is 22.9 Å². The number of fused-ring (bicyclic) bond motifs is 1. The molecule has 0 saturated carbocycles. The number of aromatic nitrogens is 3. The molecule has 1 fully saturated rings. The highest BCUT2D eigenvalue weighted by molar-refractivity contribution is 7.18. The monoisotopic (exact) mass is 479 g/mol. The molecule has 1 amide bonds. The van der Waals surface area contributed by atoms with Crippen molar-refractivity contribution in [1.29, 1.82) is 0 Å². The van der Waals surface area contributed by atoms with Crippen LogP contribution in [0, 0.1) is 0 Å². The maximum atomic E-state index is 12.8. The van der Waals surface area contributed by atoms with Crippen LogP contribution in [0.1, 0.15) is 11.4 Å². The number of aryl methyl sites for hydroxylation is 1. The first kappa shape index (κ1) is 21.6. The van der Waals surface area contributed by atoms with Crippen LogP contribution in [0.15, 0.2) is 65.6 Å². The Morgan fingerprint density at radius 3 is 2.48 bits per heavy atom. The van der Waals surface area contributed by atoms with Gasteiger partial charge in [-0.05, 0) is 24.3 Å². The van der Waals surface area contributed by atoms with Crippen molar-refractivity contribution in [2.24, 2.45) is 0 Å². The molecule has 1 saturated heterocycles. The van der Waals surface area contributed by atoms with Gasteiger partial charge in [-0.2, -0.15) is 9.78 Å². The van der Waals surface area contributed by atoms with Gasteiger partial charge in [0.2, 0.25) is 5.91 Å². The largest absolute Gasteiger partial charge is 0.365 e. The highest BCUT2D eigenvalue weighted by Gasteiger charge is 2.24. The molecule has 3 heterocycles. The van der Waals surface area contributed by atoms with E-state index in [4.69, 9.17) is 11.6 Å². The number of para-hydroxylation sites is 2. The van der Waals surface area contributed by atoms with Crippen molar-refractivity contribution in [3.63, 3.8) is 0 Å². The molecule has 0 bridgehead atoms. The Hall–Kier alpha value is -3.23. The van der Waals surface area contributed by atoms with Gasteiger partial charge in [0.1, 0.15) is 5.02 Å². The highest BCUT2D eigenvalue weighted by Crippen LogP contribution is 2.24. The summed E-state index contributed by atoms with van der Waals surface area (Å²) >= 11 is 8.07. The molecule has 0 spiro atoms. The molecule has 33 heavy (non-hydrogen) atoms. The number of thiazole rings is 1. The number of hydrogen-bond acceptors (Lipinski definition) is 6. The zero-order chi connectivity index (χ0) is 22.8. The van der Waals surface area contributed by atoms with Crippen molar-refractivity contribution in [3.05, 3.63) is 81.2 Å². The second kappa shape index (κ2) is 9.33. The molecule has 1 aliphatic rings. The van der Waals surface area contributed by atoms with E-state index < -0.39 is 0 Å². The van der Waals surface area contributed by atoms with E-state index in [1.54, 1.807) is 17.5 Å². The number of piperazine rings is 1. The van der Waals surface area contributed by atoms with Crippen LogP contribution in [-0.2, 0) is 11.2 Å². The van der Waals surface area contributed by atoms with Gasteiger partial charge in [-0.25, -0.2) is 4.98 Å². The molecule has 0 unspecified atom stereocenters. The van der Waals surface area contributed by atoms with E-state index in [9.17, 15) is 9.59 Å². The van der Waals surface area contributed by atoms with Crippen LogP contribution in [0.5, 0.6) is 0 Å². The fourth-order valence-electron chi connectivity index (χ4n) is 3.99. The third kappa shape index (κ3) is 4.49. The topological polar surface area (TPSA) is 71.3 Å². The first-order valence-corrected chi connectivity index (χ1v) is 12.0. The second-order valence-corrected chi connectivity index (χ2v) is 9.33. The van der Waals surface area contributed by atoms with Crippen LogP contribution in [0.25, 0.3) is 15.9 Å². The van der Waals surface area contributed by atoms with Crippen molar-refractivity contribution in [1.82, 2.24) is 19.7 Å². The maximum Gasteiger partial charge on any atom is 0.292 e. The maximum absolute atomic E-state index is 12.8. The van der Waals surface area contributed by atoms with Crippen molar-refractivity contribution in [3.8, 4) is 5.69 Å². The summed E-state index contributed by atoms with van der Waals surface area (Å²) in [6, 6.07) is 17.2. The van der Waals surface area contributed by atoms with E-state index in [0.717, 1.165) is 15.2 Å². The Labute approximate surface area is 199 Å². The molecule has 168 valence electrons. The van der Waals surface area contributed by atoms with Gasteiger partial charge in [-0.15, -0.1) is 11.3 Å². The van der Waals surface area contributed by atoms with Crippen LogP contribution in [0.4, 0.5) is 5.69 Å². The fourth-order valence-corrected chi connectivity index (χ4v) is 5.21. The summed E-state index contributed by atoms with van der Waals surface area (Å²) in [6.45, 7) is 2.36. The van der Waals surface area contributed by atoms with Gasteiger partial charge in [0, 0.05) is 39.0 Å². The summed E-state index contributed by atoms with van der Waals surface area (Å²) in [7, 11) is 0. The fraction of sp³-hybridized carbons (Fsp3) is 0.250. The minimum Gasteiger partial charge on any atom is -0.365 e. The molecule has 0 N–H and O–H groups in total. The summed E-state index contributed by atoms with van der Waals surface area (Å²) in [5.41, 5.74) is 1.91. The van der Waals surface area contributed by atoms with Gasteiger partial charge in [-0.1, -0.05) is 41.9 Å². The first-order chi connectivity index (χ1) is 16.1. The predicted molar refractivity (Wildman–Crippen MR) is 132 cm³/mol.